The van der Waals surface area contributed by atoms with Crippen LogP contribution in [0, 0.1) is 12.8 Å². The van der Waals surface area contributed by atoms with Crippen LogP contribution in [0.5, 0.6) is 0 Å². The van der Waals surface area contributed by atoms with Crippen molar-refractivity contribution in [1.82, 2.24) is 4.72 Å². The van der Waals surface area contributed by atoms with Gasteiger partial charge in [-0.25, -0.2) is 13.1 Å². The van der Waals surface area contributed by atoms with E-state index in [4.69, 9.17) is 0 Å². The number of sulfonamides is 1. The zero-order valence-corrected chi connectivity index (χ0v) is 17.9. The molecule has 0 fully saturated rings. The van der Waals surface area contributed by atoms with Gasteiger partial charge in [0, 0.05) is 30.1 Å². The molecule has 1 aliphatic rings. The fraction of sp³-hybridized carbons (Fsp3) is 0.409. The van der Waals surface area contributed by atoms with Crippen molar-refractivity contribution >= 4 is 21.6 Å². The number of nitrogens with zero attached hydrogens (tertiary/aromatic N) is 1. The zero-order valence-electron chi connectivity index (χ0n) is 17.1. The fourth-order valence-corrected chi connectivity index (χ4v) is 4.54. The lowest BCUT2D eigenvalue weighted by atomic mass is 9.87. The molecule has 3 rings (SSSR count). The van der Waals surface area contributed by atoms with Crippen molar-refractivity contribution in [3.05, 3.63) is 59.2 Å². The number of hydrogen-bond donors (Lipinski definition) is 1. The Morgan fingerprint density at radius 3 is 2.39 bits per heavy atom. The molecule has 150 valence electrons. The van der Waals surface area contributed by atoms with Crippen LogP contribution >= 0.6 is 0 Å². The molecule has 0 aliphatic carbocycles. The Labute approximate surface area is 167 Å². The van der Waals surface area contributed by atoms with Crippen molar-refractivity contribution in [2.75, 3.05) is 11.4 Å². The quantitative estimate of drug-likeness (QED) is 0.831. The molecule has 0 bridgehead atoms. The Balaban J connectivity index is 1.87. The average molecular weight is 401 g/mol. The van der Waals surface area contributed by atoms with E-state index >= 15 is 0 Å². The van der Waals surface area contributed by atoms with Crippen molar-refractivity contribution in [2.45, 2.75) is 51.5 Å². The van der Waals surface area contributed by atoms with Crippen LogP contribution in [0.1, 0.15) is 44.4 Å². The van der Waals surface area contributed by atoms with Crippen LogP contribution in [-0.4, -0.2) is 20.9 Å². The summed E-state index contributed by atoms with van der Waals surface area (Å²) in [6.45, 7) is 10.6. The molecule has 6 heteroatoms. The van der Waals surface area contributed by atoms with E-state index in [2.05, 4.69) is 4.72 Å². The monoisotopic (exact) mass is 400 g/mol. The summed E-state index contributed by atoms with van der Waals surface area (Å²) >= 11 is 0. The molecule has 0 aromatic heterocycles. The number of amides is 1. The number of anilines is 1. The van der Waals surface area contributed by atoms with E-state index in [0.717, 1.165) is 22.4 Å². The van der Waals surface area contributed by atoms with E-state index in [1.165, 1.54) is 0 Å². The van der Waals surface area contributed by atoms with E-state index in [1.54, 1.807) is 23.1 Å². The molecule has 0 atom stereocenters. The lowest BCUT2D eigenvalue weighted by molar-refractivity contribution is -0.121. The summed E-state index contributed by atoms with van der Waals surface area (Å²) in [5.41, 5.74) is 3.43. The van der Waals surface area contributed by atoms with E-state index in [9.17, 15) is 13.2 Å². The number of aryl methyl sites for hydroxylation is 1. The van der Waals surface area contributed by atoms with Crippen LogP contribution < -0.4 is 9.62 Å². The van der Waals surface area contributed by atoms with Gasteiger partial charge in [-0.15, -0.1) is 0 Å². The summed E-state index contributed by atoms with van der Waals surface area (Å²) in [6, 6.07) is 12.8. The van der Waals surface area contributed by atoms with Crippen LogP contribution in [-0.2, 0) is 26.8 Å². The van der Waals surface area contributed by atoms with Crippen LogP contribution in [0.4, 0.5) is 5.69 Å². The summed E-state index contributed by atoms with van der Waals surface area (Å²) in [6.07, 6.45) is 0. The Hall–Kier alpha value is -2.18. The Morgan fingerprint density at radius 1 is 1.14 bits per heavy atom. The molecule has 2 aromatic rings. The van der Waals surface area contributed by atoms with Gasteiger partial charge >= 0.3 is 0 Å². The predicted molar refractivity (Wildman–Crippen MR) is 112 cm³/mol. The largest absolute Gasteiger partial charge is 0.311 e. The summed E-state index contributed by atoms with van der Waals surface area (Å²) in [4.78, 5) is 14.6. The summed E-state index contributed by atoms with van der Waals surface area (Å²) in [5, 5.41) is 0. The van der Waals surface area contributed by atoms with E-state index in [1.807, 2.05) is 58.9 Å². The number of hydrogen-bond acceptors (Lipinski definition) is 3. The van der Waals surface area contributed by atoms with Crippen LogP contribution in [0.25, 0.3) is 0 Å². The molecule has 0 spiro atoms. The standard InChI is InChI=1S/C22H28N2O3S/c1-15(2)21(25)24-14-22(4,5)19-12-18(10-11-20(19)24)28(26,27)23-13-17-8-6-16(3)7-9-17/h6-12,15,23H,13-14H2,1-5H3. The smallest absolute Gasteiger partial charge is 0.240 e. The molecule has 2 aromatic carbocycles. The minimum Gasteiger partial charge on any atom is -0.311 e. The zero-order chi connectivity index (χ0) is 20.7. The van der Waals surface area contributed by atoms with Crippen molar-refractivity contribution in [1.29, 1.82) is 0 Å². The van der Waals surface area contributed by atoms with Crippen molar-refractivity contribution < 1.29 is 13.2 Å². The summed E-state index contributed by atoms with van der Waals surface area (Å²) < 4.78 is 28.3. The number of nitrogens with one attached hydrogen (secondary N) is 1. The highest BCUT2D eigenvalue weighted by atomic mass is 32.2. The molecular formula is C22H28N2O3S. The maximum atomic E-state index is 12.8. The van der Waals surface area contributed by atoms with Crippen LogP contribution in [0.2, 0.25) is 0 Å². The Morgan fingerprint density at radius 2 is 1.79 bits per heavy atom. The van der Waals surface area contributed by atoms with Gasteiger partial charge in [0.1, 0.15) is 0 Å². The number of benzene rings is 2. The average Bonchev–Trinajstić information content (AvgIpc) is 2.91. The first-order valence-corrected chi connectivity index (χ1v) is 11.0. The van der Waals surface area contributed by atoms with Gasteiger partial charge in [-0.2, -0.15) is 0 Å². The lowest BCUT2D eigenvalue weighted by Gasteiger charge is -2.22. The molecule has 28 heavy (non-hydrogen) atoms. The van der Waals surface area contributed by atoms with Gasteiger partial charge in [-0.1, -0.05) is 57.5 Å². The first kappa shape index (κ1) is 20.6. The minimum atomic E-state index is -3.65. The molecule has 1 aliphatic heterocycles. The molecular weight excluding hydrogens is 372 g/mol. The SMILES string of the molecule is Cc1ccc(CNS(=O)(=O)c2ccc3c(c2)C(C)(C)CN3C(=O)C(C)C)cc1. The van der Waals surface area contributed by atoms with Gasteiger partial charge in [0.15, 0.2) is 0 Å². The third kappa shape index (κ3) is 3.98. The maximum absolute atomic E-state index is 12.8. The molecule has 0 saturated carbocycles. The number of rotatable bonds is 5. The summed E-state index contributed by atoms with van der Waals surface area (Å²) in [5.74, 6) is -0.0544. The van der Waals surface area contributed by atoms with Crippen molar-refractivity contribution in [2.24, 2.45) is 5.92 Å². The number of carbonyl (C=O) groups is 1. The van der Waals surface area contributed by atoms with Gasteiger partial charge < -0.3 is 4.90 Å². The molecule has 1 amide bonds. The van der Waals surface area contributed by atoms with Crippen molar-refractivity contribution in [3.63, 3.8) is 0 Å². The summed E-state index contributed by atoms with van der Waals surface area (Å²) in [7, 11) is -3.65. The normalized spacial score (nSPS) is 15.7. The minimum absolute atomic E-state index is 0.0555. The molecule has 0 radical (unpaired) electrons. The fourth-order valence-electron chi connectivity index (χ4n) is 3.50. The highest BCUT2D eigenvalue weighted by molar-refractivity contribution is 7.89. The van der Waals surface area contributed by atoms with Gasteiger partial charge in [0.25, 0.3) is 0 Å². The molecule has 0 unspecified atom stereocenters. The number of fused-ring (bicyclic) bond motifs is 1. The highest BCUT2D eigenvalue weighted by Crippen LogP contribution is 2.42. The molecule has 1 heterocycles. The predicted octanol–water partition coefficient (Wildman–Crippen LogP) is 3.75. The first-order chi connectivity index (χ1) is 13.0. The van der Waals surface area contributed by atoms with Gasteiger partial charge in [-0.05, 0) is 36.2 Å². The highest BCUT2D eigenvalue weighted by Gasteiger charge is 2.39. The third-order valence-electron chi connectivity index (χ3n) is 5.20. The second kappa shape index (κ2) is 7.33. The van der Waals surface area contributed by atoms with Gasteiger partial charge in [0.05, 0.1) is 4.90 Å². The molecule has 0 saturated heterocycles. The first-order valence-electron chi connectivity index (χ1n) is 9.52. The molecule has 1 N–H and O–H groups in total. The van der Waals surface area contributed by atoms with Crippen molar-refractivity contribution in [3.8, 4) is 0 Å². The van der Waals surface area contributed by atoms with E-state index in [0.29, 0.717) is 6.54 Å². The second-order valence-corrected chi connectivity index (χ2v) is 10.2. The topological polar surface area (TPSA) is 66.5 Å². The Bertz CT molecular complexity index is 993. The van der Waals surface area contributed by atoms with Gasteiger partial charge in [0.2, 0.25) is 15.9 Å². The number of carbonyl (C=O) groups excluding carboxylic acids is 1. The molecule has 5 nitrogen and oxygen atoms in total. The lowest BCUT2D eigenvalue weighted by Crippen LogP contribution is -2.36. The third-order valence-corrected chi connectivity index (χ3v) is 6.60. The maximum Gasteiger partial charge on any atom is 0.240 e. The van der Waals surface area contributed by atoms with Gasteiger partial charge in [-0.3, -0.25) is 4.79 Å². The van der Waals surface area contributed by atoms with E-state index in [-0.39, 0.29) is 28.7 Å². The van der Waals surface area contributed by atoms with Crippen LogP contribution in [0.3, 0.4) is 0 Å². The Kier molecular flexibility index (Phi) is 5.38. The van der Waals surface area contributed by atoms with Crippen LogP contribution in [0.15, 0.2) is 47.4 Å². The van der Waals surface area contributed by atoms with E-state index < -0.39 is 10.0 Å². The second-order valence-electron chi connectivity index (χ2n) is 8.45.